The minimum atomic E-state index is -0.240. The summed E-state index contributed by atoms with van der Waals surface area (Å²) in [5, 5.41) is 9.49. The molecule has 2 aromatic rings. The lowest BCUT2D eigenvalue weighted by Gasteiger charge is -2.25. The second-order valence-electron chi connectivity index (χ2n) is 6.78. The van der Waals surface area contributed by atoms with Crippen LogP contribution in [0.25, 0.3) is 0 Å². The largest absolute Gasteiger partial charge is 0.369 e. The molecule has 0 aliphatic carbocycles. The highest BCUT2D eigenvalue weighted by molar-refractivity contribution is 5.62. The molecule has 1 saturated heterocycles. The minimum absolute atomic E-state index is 0.135. The molecule has 3 N–H and O–H groups in total. The van der Waals surface area contributed by atoms with Crippen LogP contribution in [0.4, 0.5) is 11.6 Å². The molecule has 1 fully saturated rings. The Bertz CT molecular complexity index is 915. The van der Waals surface area contributed by atoms with Crippen LogP contribution in [0.2, 0.25) is 0 Å². The number of aryl methyl sites for hydroxylation is 2. The Balaban J connectivity index is 1.74. The van der Waals surface area contributed by atoms with Crippen molar-refractivity contribution in [3.8, 4) is 6.07 Å². The van der Waals surface area contributed by atoms with E-state index in [-0.39, 0.29) is 11.5 Å². The average molecular weight is 353 g/mol. The topological polar surface area (TPSA) is 115 Å². The monoisotopic (exact) mass is 353 g/mol. The number of nitriles is 1. The molecule has 1 aliphatic rings. The normalized spacial score (nSPS) is 16.9. The van der Waals surface area contributed by atoms with Gasteiger partial charge < -0.3 is 10.6 Å². The molecule has 136 valence electrons. The highest BCUT2D eigenvalue weighted by Crippen LogP contribution is 2.28. The molecular weight excluding hydrogens is 330 g/mol. The molecule has 0 radical (unpaired) electrons. The molecule has 0 bridgehead atoms. The summed E-state index contributed by atoms with van der Waals surface area (Å²) in [5.74, 6) is 0.135. The Labute approximate surface area is 152 Å². The van der Waals surface area contributed by atoms with Crippen LogP contribution in [0, 0.1) is 25.2 Å². The number of nitrogen functional groups attached to an aromatic ring is 1. The quantitative estimate of drug-likeness (QED) is 0.840. The minimum Gasteiger partial charge on any atom is -0.369 e. The zero-order chi connectivity index (χ0) is 18.8. The van der Waals surface area contributed by atoms with E-state index in [1.165, 1.54) is 6.07 Å². The smallest absolute Gasteiger partial charge is 0.252 e. The van der Waals surface area contributed by atoms with E-state index in [0.29, 0.717) is 23.8 Å². The molecule has 1 aliphatic heterocycles. The third-order valence-corrected chi connectivity index (χ3v) is 4.77. The number of H-pyrrole nitrogens is 1. The van der Waals surface area contributed by atoms with Crippen molar-refractivity contribution in [1.82, 2.24) is 19.9 Å². The van der Waals surface area contributed by atoms with Gasteiger partial charge in [-0.3, -0.25) is 19.7 Å². The van der Waals surface area contributed by atoms with Crippen LogP contribution in [0.5, 0.6) is 0 Å². The first-order valence-electron chi connectivity index (χ1n) is 8.56. The second-order valence-corrected chi connectivity index (χ2v) is 6.78. The second kappa shape index (κ2) is 7.14. The fourth-order valence-corrected chi connectivity index (χ4v) is 3.51. The fraction of sp³-hybridized carbons (Fsp3) is 0.444. The van der Waals surface area contributed by atoms with Gasteiger partial charge in [0.15, 0.2) is 0 Å². The van der Waals surface area contributed by atoms with Crippen molar-refractivity contribution in [3.63, 3.8) is 0 Å². The van der Waals surface area contributed by atoms with Gasteiger partial charge in [0.2, 0.25) is 5.95 Å². The van der Waals surface area contributed by atoms with E-state index < -0.39 is 0 Å². The van der Waals surface area contributed by atoms with Crippen LogP contribution in [-0.2, 0) is 6.54 Å². The van der Waals surface area contributed by atoms with Crippen molar-refractivity contribution in [1.29, 1.82) is 5.26 Å². The fourth-order valence-electron chi connectivity index (χ4n) is 3.51. The molecule has 1 atom stereocenters. The summed E-state index contributed by atoms with van der Waals surface area (Å²) in [4.78, 5) is 27.0. The maximum atomic E-state index is 11.5. The van der Waals surface area contributed by atoms with E-state index in [0.717, 1.165) is 36.6 Å². The molecule has 3 heterocycles. The van der Waals surface area contributed by atoms with Gasteiger partial charge in [0.1, 0.15) is 6.07 Å². The van der Waals surface area contributed by atoms with Gasteiger partial charge in [0, 0.05) is 37.4 Å². The van der Waals surface area contributed by atoms with Gasteiger partial charge in [-0.2, -0.15) is 5.26 Å². The van der Waals surface area contributed by atoms with Crippen molar-refractivity contribution in [2.75, 3.05) is 30.8 Å². The molecule has 0 amide bonds. The predicted molar refractivity (Wildman–Crippen MR) is 99.8 cm³/mol. The van der Waals surface area contributed by atoms with Crippen LogP contribution < -0.4 is 16.2 Å². The summed E-state index contributed by atoms with van der Waals surface area (Å²) in [6, 6.07) is 6.04. The molecule has 2 aromatic heterocycles. The standard InChI is InChI=1S/C18H23N7O/c1-11-6-16(15(8-19)12(2)21-11)25-5-4-14(10-25)24(3)9-13-7-17(26)23-18(20)22-13/h6-7,14H,4-5,9-10H2,1-3H3,(H3,20,22,23,26). The van der Waals surface area contributed by atoms with Crippen molar-refractivity contribution in [2.24, 2.45) is 0 Å². The van der Waals surface area contributed by atoms with E-state index in [1.807, 2.05) is 27.0 Å². The number of likely N-dealkylation sites (N-methyl/N-ethyl adjacent to an activating group) is 1. The summed E-state index contributed by atoms with van der Waals surface area (Å²) in [7, 11) is 2.02. The number of nitrogens with zero attached hydrogens (tertiary/aromatic N) is 5. The number of hydrogen-bond donors (Lipinski definition) is 2. The van der Waals surface area contributed by atoms with Crippen LogP contribution in [0.15, 0.2) is 16.9 Å². The lowest BCUT2D eigenvalue weighted by molar-refractivity contribution is 0.247. The number of rotatable bonds is 4. The Morgan fingerprint density at radius 1 is 1.42 bits per heavy atom. The van der Waals surface area contributed by atoms with Gasteiger partial charge in [-0.1, -0.05) is 0 Å². The van der Waals surface area contributed by atoms with E-state index in [2.05, 4.69) is 30.8 Å². The zero-order valence-corrected chi connectivity index (χ0v) is 15.3. The number of aromatic nitrogens is 3. The zero-order valence-electron chi connectivity index (χ0n) is 15.3. The van der Waals surface area contributed by atoms with E-state index >= 15 is 0 Å². The van der Waals surface area contributed by atoms with Crippen LogP contribution in [0.3, 0.4) is 0 Å². The third-order valence-electron chi connectivity index (χ3n) is 4.77. The number of hydrogen-bond acceptors (Lipinski definition) is 7. The van der Waals surface area contributed by atoms with Crippen LogP contribution in [0.1, 0.15) is 29.1 Å². The van der Waals surface area contributed by atoms with Crippen molar-refractivity contribution in [2.45, 2.75) is 32.9 Å². The van der Waals surface area contributed by atoms with Gasteiger partial charge in [-0.05, 0) is 33.4 Å². The first kappa shape index (κ1) is 17.9. The lowest BCUT2D eigenvalue weighted by atomic mass is 10.1. The van der Waals surface area contributed by atoms with E-state index in [9.17, 15) is 10.1 Å². The van der Waals surface area contributed by atoms with Gasteiger partial charge in [-0.25, -0.2) is 4.98 Å². The van der Waals surface area contributed by atoms with Crippen LogP contribution >= 0.6 is 0 Å². The van der Waals surface area contributed by atoms with Gasteiger partial charge >= 0.3 is 0 Å². The Morgan fingerprint density at radius 2 is 2.19 bits per heavy atom. The molecule has 1 unspecified atom stereocenters. The molecule has 0 aromatic carbocycles. The number of aromatic amines is 1. The molecule has 0 spiro atoms. The molecule has 3 rings (SSSR count). The van der Waals surface area contributed by atoms with E-state index in [4.69, 9.17) is 5.73 Å². The molecular formula is C18H23N7O. The molecule has 8 heteroatoms. The Morgan fingerprint density at radius 3 is 2.88 bits per heavy atom. The highest BCUT2D eigenvalue weighted by atomic mass is 16.1. The van der Waals surface area contributed by atoms with Gasteiger partial charge in [0.05, 0.1) is 22.6 Å². The Hall–Kier alpha value is -2.92. The summed E-state index contributed by atoms with van der Waals surface area (Å²) >= 11 is 0. The van der Waals surface area contributed by atoms with Crippen molar-refractivity contribution < 1.29 is 0 Å². The maximum absolute atomic E-state index is 11.5. The lowest BCUT2D eigenvalue weighted by Crippen LogP contribution is -2.35. The summed E-state index contributed by atoms with van der Waals surface area (Å²) in [5.41, 5.74) is 9.30. The van der Waals surface area contributed by atoms with Crippen molar-refractivity contribution >= 4 is 11.6 Å². The maximum Gasteiger partial charge on any atom is 0.252 e. The first-order valence-corrected chi connectivity index (χ1v) is 8.56. The molecule has 0 saturated carbocycles. The summed E-state index contributed by atoms with van der Waals surface area (Å²) in [6.45, 7) is 6.05. The van der Waals surface area contributed by atoms with E-state index in [1.54, 1.807) is 0 Å². The van der Waals surface area contributed by atoms with Gasteiger partial charge in [0.25, 0.3) is 5.56 Å². The van der Waals surface area contributed by atoms with Crippen molar-refractivity contribution in [3.05, 3.63) is 45.1 Å². The molecule has 8 nitrogen and oxygen atoms in total. The third kappa shape index (κ3) is 3.68. The number of nitrogens with one attached hydrogen (secondary N) is 1. The first-order chi connectivity index (χ1) is 12.4. The highest BCUT2D eigenvalue weighted by Gasteiger charge is 2.28. The number of pyridine rings is 1. The number of anilines is 2. The average Bonchev–Trinajstić information content (AvgIpc) is 3.03. The summed E-state index contributed by atoms with van der Waals surface area (Å²) < 4.78 is 0. The van der Waals surface area contributed by atoms with Crippen LogP contribution in [-0.4, -0.2) is 46.0 Å². The Kier molecular flexibility index (Phi) is 4.91. The number of nitrogens with two attached hydrogens (primary N) is 1. The SMILES string of the molecule is Cc1cc(N2CCC(N(C)Cc3cc(=O)[nH]c(N)n3)C2)c(C#N)c(C)n1. The summed E-state index contributed by atoms with van der Waals surface area (Å²) in [6.07, 6.45) is 0.973. The predicted octanol–water partition coefficient (Wildman–Crippen LogP) is 0.946. The molecule has 26 heavy (non-hydrogen) atoms. The van der Waals surface area contributed by atoms with Gasteiger partial charge in [-0.15, -0.1) is 0 Å².